The van der Waals surface area contributed by atoms with Gasteiger partial charge in [-0.25, -0.2) is 5.11 Å². The molecular formula is C10H17O. The molecule has 0 amide bonds. The summed E-state index contributed by atoms with van der Waals surface area (Å²) < 4.78 is 0. The zero-order valence-electron chi connectivity index (χ0n) is 7.09. The maximum Gasteiger partial charge on any atom is 0.0933 e. The second kappa shape index (κ2) is 3.14. The zero-order valence-corrected chi connectivity index (χ0v) is 7.09. The van der Waals surface area contributed by atoms with Gasteiger partial charge in [0.05, 0.1) is 6.10 Å². The molecule has 0 bridgehead atoms. The van der Waals surface area contributed by atoms with E-state index in [1.54, 1.807) is 0 Å². The third kappa shape index (κ3) is 1.58. The van der Waals surface area contributed by atoms with E-state index < -0.39 is 0 Å². The normalized spacial score (nSPS) is 45.0. The molecule has 3 unspecified atom stereocenters. The summed E-state index contributed by atoms with van der Waals surface area (Å²) >= 11 is 0. The van der Waals surface area contributed by atoms with Gasteiger partial charge in [-0.2, -0.15) is 0 Å². The van der Waals surface area contributed by atoms with Crippen molar-refractivity contribution in [1.82, 2.24) is 0 Å². The van der Waals surface area contributed by atoms with E-state index in [0.29, 0.717) is 0 Å². The molecule has 0 N–H and O–H groups in total. The Labute approximate surface area is 68.8 Å². The second-order valence-electron chi connectivity index (χ2n) is 4.24. The Morgan fingerprint density at radius 2 is 1.55 bits per heavy atom. The molecule has 0 aromatic rings. The molecule has 63 valence electrons. The summed E-state index contributed by atoms with van der Waals surface area (Å²) in [6.07, 6.45) is 8.54. The monoisotopic (exact) mass is 153 g/mol. The first-order valence-corrected chi connectivity index (χ1v) is 5.02. The molecule has 1 nitrogen and oxygen atoms in total. The quantitative estimate of drug-likeness (QED) is 0.510. The first-order valence-electron chi connectivity index (χ1n) is 5.02. The third-order valence-electron chi connectivity index (χ3n) is 3.49. The lowest BCUT2D eigenvalue weighted by atomic mass is 9.70. The molecule has 3 atom stereocenters. The van der Waals surface area contributed by atoms with Crippen LogP contribution in [0.4, 0.5) is 0 Å². The van der Waals surface area contributed by atoms with Crippen LogP contribution in [0.25, 0.3) is 0 Å². The molecule has 2 rings (SSSR count). The van der Waals surface area contributed by atoms with Gasteiger partial charge in [0.1, 0.15) is 0 Å². The van der Waals surface area contributed by atoms with E-state index in [-0.39, 0.29) is 6.10 Å². The summed E-state index contributed by atoms with van der Waals surface area (Å²) in [5, 5.41) is 11.2. The van der Waals surface area contributed by atoms with Crippen molar-refractivity contribution in [1.29, 1.82) is 0 Å². The van der Waals surface area contributed by atoms with Gasteiger partial charge in [0.25, 0.3) is 0 Å². The second-order valence-corrected chi connectivity index (χ2v) is 4.24. The summed E-state index contributed by atoms with van der Waals surface area (Å²) in [5.41, 5.74) is 0. The molecule has 0 heterocycles. The highest BCUT2D eigenvalue weighted by Crippen LogP contribution is 2.40. The Balaban J connectivity index is 1.93. The SMILES string of the molecule is [O]C1CCC2CCCCC2C1. The van der Waals surface area contributed by atoms with Crippen LogP contribution in [0.1, 0.15) is 44.9 Å². The zero-order chi connectivity index (χ0) is 7.68. The van der Waals surface area contributed by atoms with Gasteiger partial charge in [0.15, 0.2) is 0 Å². The van der Waals surface area contributed by atoms with Gasteiger partial charge in [-0.15, -0.1) is 0 Å². The Morgan fingerprint density at radius 1 is 0.818 bits per heavy atom. The van der Waals surface area contributed by atoms with Crippen LogP contribution in [0, 0.1) is 11.8 Å². The minimum atomic E-state index is -0.214. The summed E-state index contributed by atoms with van der Waals surface area (Å²) in [5.74, 6) is 1.76. The van der Waals surface area contributed by atoms with Gasteiger partial charge in [-0.05, 0) is 31.1 Å². The van der Waals surface area contributed by atoms with Crippen molar-refractivity contribution in [2.45, 2.75) is 51.0 Å². The minimum absolute atomic E-state index is 0.214. The van der Waals surface area contributed by atoms with Crippen LogP contribution >= 0.6 is 0 Å². The van der Waals surface area contributed by atoms with Crippen LogP contribution in [0.15, 0.2) is 0 Å². The topological polar surface area (TPSA) is 19.9 Å². The Hall–Kier alpha value is -0.0400. The van der Waals surface area contributed by atoms with E-state index in [9.17, 15) is 5.11 Å². The Kier molecular flexibility index (Phi) is 2.17. The number of hydrogen-bond donors (Lipinski definition) is 0. The summed E-state index contributed by atoms with van der Waals surface area (Å²) in [4.78, 5) is 0. The highest BCUT2D eigenvalue weighted by molar-refractivity contribution is 4.82. The minimum Gasteiger partial charge on any atom is -0.233 e. The van der Waals surface area contributed by atoms with Crippen molar-refractivity contribution in [3.63, 3.8) is 0 Å². The standard InChI is InChI=1S/C10H17O/c11-10-6-5-8-3-1-2-4-9(8)7-10/h8-10H,1-7H2. The van der Waals surface area contributed by atoms with E-state index in [1.807, 2.05) is 0 Å². The molecule has 0 spiro atoms. The lowest BCUT2D eigenvalue weighted by molar-refractivity contribution is 0.00284. The van der Waals surface area contributed by atoms with E-state index in [2.05, 4.69) is 0 Å². The molecule has 0 aromatic carbocycles. The van der Waals surface area contributed by atoms with Crippen LogP contribution in [0.3, 0.4) is 0 Å². The summed E-state index contributed by atoms with van der Waals surface area (Å²) in [6, 6.07) is 0. The number of fused-ring (bicyclic) bond motifs is 1. The van der Waals surface area contributed by atoms with E-state index in [0.717, 1.165) is 24.7 Å². The molecule has 2 saturated carbocycles. The van der Waals surface area contributed by atoms with E-state index in [4.69, 9.17) is 0 Å². The molecule has 2 aliphatic carbocycles. The average molecular weight is 153 g/mol. The van der Waals surface area contributed by atoms with E-state index in [1.165, 1.54) is 32.1 Å². The first-order chi connectivity index (χ1) is 5.36. The smallest absolute Gasteiger partial charge is 0.0933 e. The van der Waals surface area contributed by atoms with Crippen molar-refractivity contribution in [3.8, 4) is 0 Å². The van der Waals surface area contributed by atoms with Crippen molar-refractivity contribution in [3.05, 3.63) is 0 Å². The molecule has 1 radical (unpaired) electrons. The number of hydrogen-bond acceptors (Lipinski definition) is 0. The van der Waals surface area contributed by atoms with Crippen molar-refractivity contribution >= 4 is 0 Å². The molecule has 2 fully saturated rings. The summed E-state index contributed by atoms with van der Waals surface area (Å²) in [7, 11) is 0. The van der Waals surface area contributed by atoms with Gasteiger partial charge in [-0.3, -0.25) is 0 Å². The van der Waals surface area contributed by atoms with E-state index >= 15 is 0 Å². The van der Waals surface area contributed by atoms with Gasteiger partial charge < -0.3 is 0 Å². The fourth-order valence-electron chi connectivity index (χ4n) is 2.83. The van der Waals surface area contributed by atoms with Crippen molar-refractivity contribution < 1.29 is 5.11 Å². The van der Waals surface area contributed by atoms with Crippen LogP contribution < -0.4 is 0 Å². The highest BCUT2D eigenvalue weighted by Gasteiger charge is 2.31. The largest absolute Gasteiger partial charge is 0.233 e. The van der Waals surface area contributed by atoms with Crippen LogP contribution in [0.5, 0.6) is 0 Å². The molecular weight excluding hydrogens is 136 g/mol. The maximum atomic E-state index is 11.2. The van der Waals surface area contributed by atoms with Crippen LogP contribution in [0.2, 0.25) is 0 Å². The molecule has 1 heteroatoms. The maximum absolute atomic E-state index is 11.2. The van der Waals surface area contributed by atoms with Crippen LogP contribution in [-0.4, -0.2) is 6.10 Å². The van der Waals surface area contributed by atoms with Gasteiger partial charge in [-0.1, -0.05) is 25.7 Å². The highest BCUT2D eigenvalue weighted by atomic mass is 16.3. The number of rotatable bonds is 0. The fraction of sp³-hybridized carbons (Fsp3) is 1.00. The Morgan fingerprint density at radius 3 is 2.36 bits per heavy atom. The molecule has 0 saturated heterocycles. The lowest BCUT2D eigenvalue weighted by Gasteiger charge is -2.36. The predicted molar refractivity (Wildman–Crippen MR) is 43.8 cm³/mol. The predicted octanol–water partition coefficient (Wildman–Crippen LogP) is 2.78. The van der Waals surface area contributed by atoms with Gasteiger partial charge in [0, 0.05) is 0 Å². The molecule has 2 aliphatic rings. The first kappa shape index (κ1) is 7.60. The van der Waals surface area contributed by atoms with Crippen LogP contribution in [-0.2, 0) is 5.11 Å². The summed E-state index contributed by atoms with van der Waals surface area (Å²) in [6.45, 7) is 0. The van der Waals surface area contributed by atoms with Crippen molar-refractivity contribution in [2.75, 3.05) is 0 Å². The fourth-order valence-corrected chi connectivity index (χ4v) is 2.83. The average Bonchev–Trinajstić information content (AvgIpc) is 2.04. The lowest BCUT2D eigenvalue weighted by Crippen LogP contribution is -2.29. The van der Waals surface area contributed by atoms with Gasteiger partial charge in [0.2, 0.25) is 0 Å². The molecule has 0 aromatic heterocycles. The third-order valence-corrected chi connectivity index (χ3v) is 3.49. The Bertz CT molecular complexity index is 133. The van der Waals surface area contributed by atoms with Crippen molar-refractivity contribution in [2.24, 2.45) is 11.8 Å². The van der Waals surface area contributed by atoms with Gasteiger partial charge >= 0.3 is 0 Å². The molecule has 0 aliphatic heterocycles. The molecule has 11 heavy (non-hydrogen) atoms.